The van der Waals surface area contributed by atoms with Crippen LogP contribution in [0.25, 0.3) is 0 Å². The molecule has 0 aliphatic heterocycles. The summed E-state index contributed by atoms with van der Waals surface area (Å²) in [5.41, 5.74) is 0.541. The predicted molar refractivity (Wildman–Crippen MR) is 92.3 cm³/mol. The van der Waals surface area contributed by atoms with E-state index >= 15 is 0 Å². The van der Waals surface area contributed by atoms with Crippen molar-refractivity contribution >= 4 is 33.0 Å². The lowest BCUT2D eigenvalue weighted by atomic mass is 10.2. The zero-order valence-corrected chi connectivity index (χ0v) is 14.9. The second-order valence-electron chi connectivity index (χ2n) is 4.70. The van der Waals surface area contributed by atoms with E-state index in [2.05, 4.69) is 10.0 Å². The maximum atomic E-state index is 11.9. The summed E-state index contributed by atoms with van der Waals surface area (Å²) in [6, 6.07) is 8.15. The van der Waals surface area contributed by atoms with Gasteiger partial charge in [0.05, 0.1) is 14.2 Å². The van der Waals surface area contributed by atoms with E-state index in [0.717, 1.165) is 11.3 Å². The number of anilines is 1. The summed E-state index contributed by atoms with van der Waals surface area (Å²) in [5, 5.41) is 4.36. The van der Waals surface area contributed by atoms with Gasteiger partial charge in [0.15, 0.2) is 11.5 Å². The van der Waals surface area contributed by atoms with Crippen molar-refractivity contribution in [2.75, 3.05) is 26.1 Å². The van der Waals surface area contributed by atoms with Gasteiger partial charge in [0, 0.05) is 24.7 Å². The Labute approximate surface area is 144 Å². The minimum absolute atomic E-state index is 0.0128. The molecule has 0 aliphatic carbocycles. The topological polar surface area (TPSA) is 93.7 Å². The van der Waals surface area contributed by atoms with Crippen LogP contribution in [0.15, 0.2) is 39.9 Å². The van der Waals surface area contributed by atoms with Gasteiger partial charge in [-0.15, -0.1) is 11.3 Å². The molecule has 0 atom stereocenters. The maximum absolute atomic E-state index is 11.9. The third kappa shape index (κ3) is 4.70. The molecular weight excluding hydrogens is 352 g/mol. The molecule has 1 aromatic carbocycles. The SMILES string of the molecule is COc1ccc(NC(=O)CCNS(=O)(=O)c2cccs2)cc1OC. The van der Waals surface area contributed by atoms with Crippen molar-refractivity contribution in [3.8, 4) is 11.5 Å². The lowest BCUT2D eigenvalue weighted by molar-refractivity contribution is -0.116. The van der Waals surface area contributed by atoms with Crippen LogP contribution in [-0.4, -0.2) is 35.1 Å². The number of rotatable bonds is 8. The molecule has 0 radical (unpaired) electrons. The standard InChI is InChI=1S/C15H18N2O5S2/c1-21-12-6-5-11(10-13(12)22-2)17-14(18)7-8-16-24(19,20)15-4-3-9-23-15/h3-6,9-10,16H,7-8H2,1-2H3,(H,17,18). The van der Waals surface area contributed by atoms with Crippen molar-refractivity contribution in [3.63, 3.8) is 0 Å². The fraction of sp³-hybridized carbons (Fsp3) is 0.267. The first-order chi connectivity index (χ1) is 11.5. The van der Waals surface area contributed by atoms with Crippen molar-refractivity contribution in [1.29, 1.82) is 0 Å². The third-order valence-corrected chi connectivity index (χ3v) is 5.93. The molecule has 0 saturated carbocycles. The van der Waals surface area contributed by atoms with Gasteiger partial charge in [-0.05, 0) is 23.6 Å². The van der Waals surface area contributed by atoms with E-state index in [9.17, 15) is 13.2 Å². The first-order valence-corrected chi connectivity index (χ1v) is 9.37. The van der Waals surface area contributed by atoms with Crippen molar-refractivity contribution < 1.29 is 22.7 Å². The van der Waals surface area contributed by atoms with E-state index in [-0.39, 0.29) is 23.1 Å². The molecule has 0 aliphatic rings. The number of sulfonamides is 1. The maximum Gasteiger partial charge on any atom is 0.250 e. The highest BCUT2D eigenvalue weighted by atomic mass is 32.2. The molecule has 2 aromatic rings. The number of hydrogen-bond donors (Lipinski definition) is 2. The molecule has 7 nitrogen and oxygen atoms in total. The second kappa shape index (κ2) is 8.13. The smallest absolute Gasteiger partial charge is 0.250 e. The van der Waals surface area contributed by atoms with E-state index in [0.29, 0.717) is 17.2 Å². The van der Waals surface area contributed by atoms with Crippen LogP contribution in [0.5, 0.6) is 11.5 Å². The average Bonchev–Trinajstić information content (AvgIpc) is 3.10. The van der Waals surface area contributed by atoms with Crippen LogP contribution in [0.2, 0.25) is 0 Å². The molecule has 0 bridgehead atoms. The fourth-order valence-electron chi connectivity index (χ4n) is 1.92. The monoisotopic (exact) mass is 370 g/mol. The molecule has 9 heteroatoms. The molecule has 0 saturated heterocycles. The van der Waals surface area contributed by atoms with E-state index in [1.807, 2.05) is 0 Å². The van der Waals surface area contributed by atoms with Crippen molar-refractivity contribution in [2.45, 2.75) is 10.6 Å². The Hall–Kier alpha value is -2.10. The van der Waals surface area contributed by atoms with Crippen LogP contribution in [0.4, 0.5) is 5.69 Å². The number of carbonyl (C=O) groups excluding carboxylic acids is 1. The molecule has 0 spiro atoms. The minimum atomic E-state index is -3.55. The highest BCUT2D eigenvalue weighted by molar-refractivity contribution is 7.91. The predicted octanol–water partition coefficient (Wildman–Crippen LogP) is 2.07. The number of hydrogen-bond acceptors (Lipinski definition) is 6. The van der Waals surface area contributed by atoms with Gasteiger partial charge in [0.2, 0.25) is 15.9 Å². The Bertz CT molecular complexity index is 788. The van der Waals surface area contributed by atoms with Crippen molar-refractivity contribution in [2.24, 2.45) is 0 Å². The molecule has 1 amide bonds. The average molecular weight is 370 g/mol. The van der Waals surface area contributed by atoms with Gasteiger partial charge in [0.25, 0.3) is 0 Å². The second-order valence-corrected chi connectivity index (χ2v) is 7.64. The molecule has 130 valence electrons. The van der Waals surface area contributed by atoms with Crippen LogP contribution in [-0.2, 0) is 14.8 Å². The van der Waals surface area contributed by atoms with Gasteiger partial charge in [-0.2, -0.15) is 0 Å². The summed E-state index contributed by atoms with van der Waals surface area (Å²) in [4.78, 5) is 11.9. The first-order valence-electron chi connectivity index (χ1n) is 7.01. The Kier molecular flexibility index (Phi) is 6.18. The zero-order chi connectivity index (χ0) is 17.6. The summed E-state index contributed by atoms with van der Waals surface area (Å²) in [6.07, 6.45) is 0.0128. The van der Waals surface area contributed by atoms with Crippen LogP contribution in [0, 0.1) is 0 Å². The molecule has 2 rings (SSSR count). The molecule has 24 heavy (non-hydrogen) atoms. The zero-order valence-electron chi connectivity index (χ0n) is 13.2. The molecule has 0 unspecified atom stereocenters. The number of ether oxygens (including phenoxy) is 2. The summed E-state index contributed by atoms with van der Waals surface area (Å²) in [5.74, 6) is 0.740. The number of carbonyl (C=O) groups is 1. The lowest BCUT2D eigenvalue weighted by Crippen LogP contribution is -2.27. The Morgan fingerprint density at radius 2 is 1.92 bits per heavy atom. The van der Waals surface area contributed by atoms with Crippen molar-refractivity contribution in [1.82, 2.24) is 4.72 Å². The van der Waals surface area contributed by atoms with Gasteiger partial charge < -0.3 is 14.8 Å². The summed E-state index contributed by atoms with van der Waals surface area (Å²) in [7, 11) is -0.527. The largest absolute Gasteiger partial charge is 0.493 e. The van der Waals surface area contributed by atoms with E-state index in [1.54, 1.807) is 29.6 Å². The van der Waals surface area contributed by atoms with Gasteiger partial charge in [0.1, 0.15) is 4.21 Å². The number of thiophene rings is 1. The first kappa shape index (κ1) is 18.2. The number of amides is 1. The number of benzene rings is 1. The van der Waals surface area contributed by atoms with Crippen LogP contribution >= 0.6 is 11.3 Å². The van der Waals surface area contributed by atoms with Gasteiger partial charge >= 0.3 is 0 Å². The lowest BCUT2D eigenvalue weighted by Gasteiger charge is -2.10. The van der Waals surface area contributed by atoms with Crippen LogP contribution in [0.1, 0.15) is 6.42 Å². The molecule has 1 heterocycles. The van der Waals surface area contributed by atoms with Crippen molar-refractivity contribution in [3.05, 3.63) is 35.7 Å². The van der Waals surface area contributed by atoms with E-state index in [4.69, 9.17) is 9.47 Å². The van der Waals surface area contributed by atoms with Gasteiger partial charge in [-0.25, -0.2) is 13.1 Å². The summed E-state index contributed by atoms with van der Waals surface area (Å²) in [6.45, 7) is 0.0133. The summed E-state index contributed by atoms with van der Waals surface area (Å²) < 4.78 is 36.7. The fourth-order valence-corrected chi connectivity index (χ4v) is 3.99. The van der Waals surface area contributed by atoms with E-state index < -0.39 is 10.0 Å². The molecule has 0 fully saturated rings. The third-order valence-electron chi connectivity index (χ3n) is 3.07. The Morgan fingerprint density at radius 3 is 2.54 bits per heavy atom. The van der Waals surface area contributed by atoms with E-state index in [1.165, 1.54) is 20.3 Å². The number of methoxy groups -OCH3 is 2. The Balaban J connectivity index is 1.88. The van der Waals surface area contributed by atoms with Crippen LogP contribution < -0.4 is 19.5 Å². The molecule has 1 aromatic heterocycles. The Morgan fingerprint density at radius 1 is 1.17 bits per heavy atom. The number of nitrogens with one attached hydrogen (secondary N) is 2. The highest BCUT2D eigenvalue weighted by Gasteiger charge is 2.15. The minimum Gasteiger partial charge on any atom is -0.493 e. The van der Waals surface area contributed by atoms with Gasteiger partial charge in [-0.3, -0.25) is 4.79 Å². The molecule has 2 N–H and O–H groups in total. The quantitative estimate of drug-likeness (QED) is 0.742. The molecular formula is C15H18N2O5S2. The van der Waals surface area contributed by atoms with Crippen LogP contribution in [0.3, 0.4) is 0 Å². The summed E-state index contributed by atoms with van der Waals surface area (Å²) >= 11 is 1.12. The highest BCUT2D eigenvalue weighted by Crippen LogP contribution is 2.29. The van der Waals surface area contributed by atoms with Gasteiger partial charge in [-0.1, -0.05) is 6.07 Å². The normalized spacial score (nSPS) is 11.1.